The molecule has 4 rings (SSSR count). The number of aromatic nitrogens is 3. The average molecular weight is 369 g/mol. The highest BCUT2D eigenvalue weighted by Gasteiger charge is 2.12. The van der Waals surface area contributed by atoms with Gasteiger partial charge in [0.15, 0.2) is 23.2 Å². The van der Waals surface area contributed by atoms with Crippen LogP contribution in [0.1, 0.15) is 0 Å². The van der Waals surface area contributed by atoms with Gasteiger partial charge < -0.3 is 0 Å². The number of halogens is 1. The monoisotopic (exact) mass is 368 g/mol. The molecule has 5 heteroatoms. The SMILES string of the molecule is [C-]#[N+]c1ccc(-c2nc(-c3ccccc3)nc(-c3ccc(Cl)cc3)n2)cc1. The zero-order chi connectivity index (χ0) is 18.6. The average Bonchev–Trinajstić information content (AvgIpc) is 2.74. The van der Waals surface area contributed by atoms with Gasteiger partial charge in [-0.15, -0.1) is 0 Å². The molecule has 3 aromatic carbocycles. The van der Waals surface area contributed by atoms with Crippen molar-refractivity contribution in [3.8, 4) is 34.2 Å². The summed E-state index contributed by atoms with van der Waals surface area (Å²) in [5.41, 5.74) is 3.18. The Labute approximate surface area is 162 Å². The summed E-state index contributed by atoms with van der Waals surface area (Å²) in [5.74, 6) is 1.73. The van der Waals surface area contributed by atoms with Crippen molar-refractivity contribution in [2.45, 2.75) is 0 Å². The minimum absolute atomic E-state index is 0.560. The first-order valence-corrected chi connectivity index (χ1v) is 8.66. The van der Waals surface area contributed by atoms with Crippen molar-refractivity contribution in [1.29, 1.82) is 0 Å². The van der Waals surface area contributed by atoms with E-state index in [0.29, 0.717) is 28.2 Å². The Bertz CT molecular complexity index is 1120. The van der Waals surface area contributed by atoms with E-state index in [4.69, 9.17) is 18.2 Å². The van der Waals surface area contributed by atoms with E-state index in [1.54, 1.807) is 12.1 Å². The molecule has 0 aliphatic rings. The van der Waals surface area contributed by atoms with Gasteiger partial charge in [-0.2, -0.15) is 0 Å². The van der Waals surface area contributed by atoms with Crippen LogP contribution in [-0.2, 0) is 0 Å². The molecule has 0 fully saturated rings. The first-order valence-electron chi connectivity index (χ1n) is 8.28. The molecule has 0 spiro atoms. The van der Waals surface area contributed by atoms with Crippen LogP contribution in [0.4, 0.5) is 5.69 Å². The highest BCUT2D eigenvalue weighted by molar-refractivity contribution is 6.30. The van der Waals surface area contributed by atoms with Crippen LogP contribution < -0.4 is 0 Å². The van der Waals surface area contributed by atoms with Crippen LogP contribution in [-0.4, -0.2) is 15.0 Å². The van der Waals surface area contributed by atoms with Gasteiger partial charge in [-0.3, -0.25) is 0 Å². The molecule has 27 heavy (non-hydrogen) atoms. The fourth-order valence-electron chi connectivity index (χ4n) is 2.63. The largest absolute Gasteiger partial charge is 0.238 e. The normalized spacial score (nSPS) is 10.4. The number of nitrogens with zero attached hydrogens (tertiary/aromatic N) is 4. The lowest BCUT2D eigenvalue weighted by Gasteiger charge is -2.08. The van der Waals surface area contributed by atoms with Crippen molar-refractivity contribution in [2.75, 3.05) is 0 Å². The summed E-state index contributed by atoms with van der Waals surface area (Å²) in [7, 11) is 0. The van der Waals surface area contributed by atoms with E-state index in [0.717, 1.165) is 16.7 Å². The van der Waals surface area contributed by atoms with Crippen molar-refractivity contribution < 1.29 is 0 Å². The predicted molar refractivity (Wildman–Crippen MR) is 107 cm³/mol. The number of benzene rings is 3. The van der Waals surface area contributed by atoms with Gasteiger partial charge >= 0.3 is 0 Å². The lowest BCUT2D eigenvalue weighted by atomic mass is 10.1. The lowest BCUT2D eigenvalue weighted by Crippen LogP contribution is -1.99. The van der Waals surface area contributed by atoms with E-state index in [1.807, 2.05) is 66.7 Å². The molecule has 1 heterocycles. The maximum atomic E-state index is 7.10. The summed E-state index contributed by atoms with van der Waals surface area (Å²) < 4.78 is 0. The molecule has 0 saturated heterocycles. The van der Waals surface area contributed by atoms with Crippen LogP contribution >= 0.6 is 11.6 Å². The molecule has 1 aromatic heterocycles. The van der Waals surface area contributed by atoms with Crippen LogP contribution in [0.2, 0.25) is 5.02 Å². The molecule has 0 radical (unpaired) electrons. The van der Waals surface area contributed by atoms with E-state index < -0.39 is 0 Å². The molecule has 0 aliphatic heterocycles. The van der Waals surface area contributed by atoms with Crippen molar-refractivity contribution in [3.63, 3.8) is 0 Å². The molecule has 0 bridgehead atoms. The van der Waals surface area contributed by atoms with Crippen LogP contribution in [0, 0.1) is 6.57 Å². The summed E-state index contributed by atoms with van der Waals surface area (Å²) in [6.07, 6.45) is 0. The molecular weight excluding hydrogens is 356 g/mol. The van der Waals surface area contributed by atoms with Crippen molar-refractivity contribution >= 4 is 17.3 Å². The number of hydrogen-bond acceptors (Lipinski definition) is 3. The molecule has 4 aromatic rings. The van der Waals surface area contributed by atoms with E-state index >= 15 is 0 Å². The minimum atomic E-state index is 0.560. The molecule has 0 amide bonds. The molecule has 0 atom stereocenters. The third kappa shape index (κ3) is 3.69. The third-order valence-corrected chi connectivity index (χ3v) is 4.28. The smallest absolute Gasteiger partial charge is 0.187 e. The van der Waals surface area contributed by atoms with Crippen molar-refractivity contribution in [1.82, 2.24) is 15.0 Å². The Morgan fingerprint density at radius 1 is 0.593 bits per heavy atom. The number of rotatable bonds is 3. The molecule has 4 nitrogen and oxygen atoms in total. The Morgan fingerprint density at radius 3 is 1.52 bits per heavy atom. The predicted octanol–water partition coefficient (Wildman–Crippen LogP) is 6.08. The van der Waals surface area contributed by atoms with Gasteiger partial charge in [0, 0.05) is 21.7 Å². The van der Waals surface area contributed by atoms with Crippen LogP contribution in [0.3, 0.4) is 0 Å². The van der Waals surface area contributed by atoms with Gasteiger partial charge in [-0.1, -0.05) is 66.2 Å². The molecule has 0 aliphatic carbocycles. The fourth-order valence-corrected chi connectivity index (χ4v) is 2.76. The summed E-state index contributed by atoms with van der Waals surface area (Å²) in [5, 5.41) is 0.658. The second-order valence-electron chi connectivity index (χ2n) is 5.84. The summed E-state index contributed by atoms with van der Waals surface area (Å²) in [4.78, 5) is 17.4. The zero-order valence-corrected chi connectivity index (χ0v) is 14.9. The second-order valence-corrected chi connectivity index (χ2v) is 6.27. The zero-order valence-electron chi connectivity index (χ0n) is 14.2. The van der Waals surface area contributed by atoms with E-state index in [9.17, 15) is 0 Å². The summed E-state index contributed by atoms with van der Waals surface area (Å²) in [6.45, 7) is 7.10. The van der Waals surface area contributed by atoms with Crippen molar-refractivity contribution in [3.05, 3.63) is 95.3 Å². The maximum Gasteiger partial charge on any atom is 0.187 e. The fraction of sp³-hybridized carbons (Fsp3) is 0. The van der Waals surface area contributed by atoms with Crippen LogP contribution in [0.25, 0.3) is 39.0 Å². The second kappa shape index (κ2) is 7.36. The van der Waals surface area contributed by atoms with E-state index in [-0.39, 0.29) is 0 Å². The minimum Gasteiger partial charge on any atom is -0.238 e. The maximum absolute atomic E-state index is 7.10. The van der Waals surface area contributed by atoms with Crippen molar-refractivity contribution in [2.24, 2.45) is 0 Å². The highest BCUT2D eigenvalue weighted by atomic mass is 35.5. The molecule has 0 saturated carbocycles. The quantitative estimate of drug-likeness (QED) is 0.412. The van der Waals surface area contributed by atoms with Gasteiger partial charge in [0.05, 0.1) is 6.57 Å². The molecule has 128 valence electrons. The van der Waals surface area contributed by atoms with Gasteiger partial charge in [0.1, 0.15) is 0 Å². The Kier molecular flexibility index (Phi) is 4.61. The number of hydrogen-bond donors (Lipinski definition) is 0. The third-order valence-electron chi connectivity index (χ3n) is 4.02. The lowest BCUT2D eigenvalue weighted by molar-refractivity contribution is 1.07. The Balaban J connectivity index is 1.88. The van der Waals surface area contributed by atoms with Gasteiger partial charge in [-0.25, -0.2) is 19.8 Å². The van der Waals surface area contributed by atoms with Crippen LogP contribution in [0.15, 0.2) is 78.9 Å². The molecular formula is C22H13ClN4. The summed E-state index contributed by atoms with van der Waals surface area (Å²) in [6, 6.07) is 24.4. The highest BCUT2D eigenvalue weighted by Crippen LogP contribution is 2.26. The van der Waals surface area contributed by atoms with Gasteiger partial charge in [0.2, 0.25) is 0 Å². The Morgan fingerprint density at radius 2 is 1.04 bits per heavy atom. The first-order chi connectivity index (χ1) is 13.2. The van der Waals surface area contributed by atoms with Gasteiger partial charge in [-0.05, 0) is 24.3 Å². The molecule has 0 unspecified atom stereocenters. The van der Waals surface area contributed by atoms with E-state index in [1.165, 1.54) is 0 Å². The Hall–Kier alpha value is -3.55. The van der Waals surface area contributed by atoms with Gasteiger partial charge in [0.25, 0.3) is 0 Å². The molecule has 0 N–H and O–H groups in total. The summed E-state index contributed by atoms with van der Waals surface area (Å²) >= 11 is 6.00. The topological polar surface area (TPSA) is 43.0 Å². The van der Waals surface area contributed by atoms with Crippen LogP contribution in [0.5, 0.6) is 0 Å². The standard InChI is InChI=1S/C22H13ClN4/c1-24-19-13-9-17(10-14-19)22-26-20(15-5-3-2-4-6-15)25-21(27-22)16-7-11-18(23)12-8-16/h2-14H. The first kappa shape index (κ1) is 16.9. The van der Waals surface area contributed by atoms with E-state index in [2.05, 4.69) is 19.8 Å².